The maximum absolute atomic E-state index is 5.30. The lowest BCUT2D eigenvalue weighted by molar-refractivity contribution is 0.158. The maximum atomic E-state index is 5.30. The Kier molecular flexibility index (Phi) is 4.28. The molecular formula is C17H22N2O. The van der Waals surface area contributed by atoms with Crippen LogP contribution in [0.25, 0.3) is 10.9 Å². The van der Waals surface area contributed by atoms with Gasteiger partial charge in [0.25, 0.3) is 0 Å². The molecule has 3 nitrogen and oxygen atoms in total. The molecule has 1 N–H and O–H groups in total. The second-order valence-electron chi connectivity index (χ2n) is 5.60. The van der Waals surface area contributed by atoms with Gasteiger partial charge in [0.1, 0.15) is 0 Å². The zero-order valence-corrected chi connectivity index (χ0v) is 12.0. The van der Waals surface area contributed by atoms with Gasteiger partial charge in [-0.3, -0.25) is 4.98 Å². The molecule has 0 bridgehead atoms. The lowest BCUT2D eigenvalue weighted by Crippen LogP contribution is -2.36. The van der Waals surface area contributed by atoms with Crippen molar-refractivity contribution >= 4 is 10.9 Å². The predicted octanol–water partition coefficient (Wildman–Crippen LogP) is 2.79. The second kappa shape index (κ2) is 6.33. The molecule has 1 heterocycles. The molecule has 20 heavy (non-hydrogen) atoms. The van der Waals surface area contributed by atoms with Gasteiger partial charge in [-0.2, -0.15) is 0 Å². The number of hydrogen-bond acceptors (Lipinski definition) is 3. The third-order valence-electron chi connectivity index (χ3n) is 4.05. The molecule has 0 radical (unpaired) electrons. The number of para-hydroxylation sites is 1. The summed E-state index contributed by atoms with van der Waals surface area (Å²) in [5.41, 5.74) is 2.45. The van der Waals surface area contributed by atoms with Crippen molar-refractivity contribution in [3.05, 3.63) is 42.1 Å². The van der Waals surface area contributed by atoms with E-state index in [0.717, 1.165) is 31.0 Å². The summed E-state index contributed by atoms with van der Waals surface area (Å²) in [6.07, 6.45) is 5.58. The van der Waals surface area contributed by atoms with E-state index in [1.165, 1.54) is 23.8 Å². The zero-order chi connectivity index (χ0) is 13.8. The minimum atomic E-state index is 0.517. The average Bonchev–Trinajstić information content (AvgIpc) is 3.31. The highest BCUT2D eigenvalue weighted by molar-refractivity contribution is 5.81. The first-order valence-electron chi connectivity index (χ1n) is 7.43. The molecular weight excluding hydrogens is 248 g/mol. The topological polar surface area (TPSA) is 34.1 Å². The van der Waals surface area contributed by atoms with Gasteiger partial charge < -0.3 is 10.1 Å². The molecule has 1 aliphatic rings. The molecule has 1 unspecified atom stereocenters. The zero-order valence-electron chi connectivity index (χ0n) is 12.0. The molecule has 0 saturated heterocycles. The van der Waals surface area contributed by atoms with Crippen LogP contribution in [0, 0.1) is 5.92 Å². The van der Waals surface area contributed by atoms with Crippen LogP contribution in [0.1, 0.15) is 18.4 Å². The smallest absolute Gasteiger partial charge is 0.0734 e. The Balaban J connectivity index is 1.62. The monoisotopic (exact) mass is 270 g/mol. The SMILES string of the molecule is COCC(NCCc1cccc2cccnc12)C1CC1. The van der Waals surface area contributed by atoms with E-state index in [1.807, 2.05) is 12.3 Å². The van der Waals surface area contributed by atoms with Gasteiger partial charge in [-0.1, -0.05) is 24.3 Å². The first kappa shape index (κ1) is 13.5. The summed E-state index contributed by atoms with van der Waals surface area (Å²) in [5, 5.41) is 4.87. The van der Waals surface area contributed by atoms with E-state index in [4.69, 9.17) is 4.74 Å². The number of methoxy groups -OCH3 is 1. The molecule has 3 rings (SSSR count). The lowest BCUT2D eigenvalue weighted by Gasteiger charge is -2.17. The number of aromatic nitrogens is 1. The van der Waals surface area contributed by atoms with Gasteiger partial charge in [0.2, 0.25) is 0 Å². The summed E-state index contributed by atoms with van der Waals surface area (Å²) in [7, 11) is 1.78. The van der Waals surface area contributed by atoms with Gasteiger partial charge in [-0.05, 0) is 43.4 Å². The van der Waals surface area contributed by atoms with Crippen LogP contribution in [-0.2, 0) is 11.2 Å². The quantitative estimate of drug-likeness (QED) is 0.840. The van der Waals surface area contributed by atoms with Crippen LogP contribution in [-0.4, -0.2) is 31.3 Å². The highest BCUT2D eigenvalue weighted by atomic mass is 16.5. The standard InChI is InChI=1S/C17H22N2O/c1-20-12-16(13-7-8-13)18-11-9-15-5-2-4-14-6-3-10-19-17(14)15/h2-6,10,13,16,18H,7-9,11-12H2,1H3. The largest absolute Gasteiger partial charge is 0.383 e. The maximum Gasteiger partial charge on any atom is 0.0734 e. The van der Waals surface area contributed by atoms with Gasteiger partial charge in [0.05, 0.1) is 12.1 Å². The van der Waals surface area contributed by atoms with Gasteiger partial charge in [-0.25, -0.2) is 0 Å². The molecule has 1 aliphatic carbocycles. The van der Waals surface area contributed by atoms with Crippen molar-refractivity contribution in [1.82, 2.24) is 10.3 Å². The summed E-state index contributed by atoms with van der Waals surface area (Å²) in [4.78, 5) is 4.51. The Morgan fingerprint density at radius 1 is 1.30 bits per heavy atom. The summed E-state index contributed by atoms with van der Waals surface area (Å²) in [6, 6.07) is 11.1. The van der Waals surface area contributed by atoms with Crippen LogP contribution in [0.3, 0.4) is 0 Å². The van der Waals surface area contributed by atoms with E-state index in [-0.39, 0.29) is 0 Å². The fourth-order valence-corrected chi connectivity index (χ4v) is 2.80. The summed E-state index contributed by atoms with van der Waals surface area (Å²) < 4.78 is 5.30. The van der Waals surface area contributed by atoms with Gasteiger partial charge >= 0.3 is 0 Å². The Labute approximate surface area is 120 Å². The third kappa shape index (κ3) is 3.17. The number of ether oxygens (including phenoxy) is 1. The fraction of sp³-hybridized carbons (Fsp3) is 0.471. The third-order valence-corrected chi connectivity index (χ3v) is 4.05. The van der Waals surface area contributed by atoms with Crippen molar-refractivity contribution in [3.8, 4) is 0 Å². The van der Waals surface area contributed by atoms with Crippen molar-refractivity contribution in [2.75, 3.05) is 20.3 Å². The van der Waals surface area contributed by atoms with E-state index < -0.39 is 0 Å². The number of fused-ring (bicyclic) bond motifs is 1. The van der Waals surface area contributed by atoms with Crippen molar-refractivity contribution in [1.29, 1.82) is 0 Å². The van der Waals surface area contributed by atoms with E-state index in [9.17, 15) is 0 Å². The molecule has 1 aromatic heterocycles. The van der Waals surface area contributed by atoms with Crippen LogP contribution in [0.4, 0.5) is 0 Å². The van der Waals surface area contributed by atoms with Crippen LogP contribution < -0.4 is 5.32 Å². The molecule has 1 fully saturated rings. The van der Waals surface area contributed by atoms with Crippen LogP contribution in [0.5, 0.6) is 0 Å². The highest BCUT2D eigenvalue weighted by Crippen LogP contribution is 2.32. The molecule has 1 saturated carbocycles. The minimum absolute atomic E-state index is 0.517. The molecule has 1 aromatic carbocycles. The average molecular weight is 270 g/mol. The van der Waals surface area contributed by atoms with Gasteiger partial charge in [-0.15, -0.1) is 0 Å². The molecule has 3 heteroatoms. The van der Waals surface area contributed by atoms with Crippen molar-refractivity contribution in [2.24, 2.45) is 5.92 Å². The van der Waals surface area contributed by atoms with E-state index in [0.29, 0.717) is 6.04 Å². The summed E-state index contributed by atoms with van der Waals surface area (Å²) in [6.45, 7) is 1.80. The number of rotatable bonds is 7. The van der Waals surface area contributed by atoms with Gasteiger partial charge in [0, 0.05) is 24.7 Å². The van der Waals surface area contributed by atoms with Gasteiger partial charge in [0.15, 0.2) is 0 Å². The van der Waals surface area contributed by atoms with Crippen molar-refractivity contribution < 1.29 is 4.74 Å². The molecule has 0 amide bonds. The molecule has 1 atom stereocenters. The number of nitrogens with one attached hydrogen (secondary N) is 1. The Morgan fingerprint density at radius 2 is 2.15 bits per heavy atom. The minimum Gasteiger partial charge on any atom is -0.383 e. The van der Waals surface area contributed by atoms with E-state index in [2.05, 4.69) is 34.6 Å². The van der Waals surface area contributed by atoms with Crippen LogP contribution in [0.2, 0.25) is 0 Å². The Morgan fingerprint density at radius 3 is 2.95 bits per heavy atom. The highest BCUT2D eigenvalue weighted by Gasteiger charge is 2.30. The number of benzene rings is 1. The number of nitrogens with zero attached hydrogens (tertiary/aromatic N) is 1. The molecule has 106 valence electrons. The predicted molar refractivity (Wildman–Crippen MR) is 81.8 cm³/mol. The molecule has 2 aromatic rings. The summed E-state index contributed by atoms with van der Waals surface area (Å²) >= 11 is 0. The van der Waals surface area contributed by atoms with E-state index >= 15 is 0 Å². The van der Waals surface area contributed by atoms with Crippen molar-refractivity contribution in [3.63, 3.8) is 0 Å². The van der Waals surface area contributed by atoms with Crippen molar-refractivity contribution in [2.45, 2.75) is 25.3 Å². The van der Waals surface area contributed by atoms with Crippen LogP contribution in [0.15, 0.2) is 36.5 Å². The fourth-order valence-electron chi connectivity index (χ4n) is 2.80. The second-order valence-corrected chi connectivity index (χ2v) is 5.60. The number of pyridine rings is 1. The lowest BCUT2D eigenvalue weighted by atomic mass is 10.1. The molecule has 0 aliphatic heterocycles. The van der Waals surface area contributed by atoms with Crippen LogP contribution >= 0.6 is 0 Å². The normalized spacial score (nSPS) is 16.4. The Bertz CT molecular complexity index is 560. The first-order valence-corrected chi connectivity index (χ1v) is 7.43. The summed E-state index contributed by atoms with van der Waals surface area (Å²) in [5.74, 6) is 0.820. The molecule has 0 spiro atoms. The number of hydrogen-bond donors (Lipinski definition) is 1. The Hall–Kier alpha value is -1.45. The first-order chi connectivity index (χ1) is 9.88. The van der Waals surface area contributed by atoms with E-state index in [1.54, 1.807) is 7.11 Å².